The molecule has 0 fully saturated rings. The van der Waals surface area contributed by atoms with Gasteiger partial charge in [-0.1, -0.05) is 29.3 Å². The van der Waals surface area contributed by atoms with Crippen LogP contribution >= 0.6 is 23.2 Å². The molecule has 0 aliphatic carbocycles. The number of imide groups is 1. The van der Waals surface area contributed by atoms with Crippen molar-refractivity contribution in [2.75, 3.05) is 32.5 Å². The van der Waals surface area contributed by atoms with Gasteiger partial charge in [0.05, 0.1) is 28.8 Å². The van der Waals surface area contributed by atoms with Crippen molar-refractivity contribution in [3.63, 3.8) is 0 Å². The van der Waals surface area contributed by atoms with Crippen LogP contribution in [-0.4, -0.2) is 49.9 Å². The van der Waals surface area contributed by atoms with Crippen LogP contribution in [-0.2, 0) is 9.59 Å². The van der Waals surface area contributed by atoms with Gasteiger partial charge in [-0.05, 0) is 19.2 Å². The van der Waals surface area contributed by atoms with E-state index in [0.717, 1.165) is 0 Å². The van der Waals surface area contributed by atoms with Crippen molar-refractivity contribution in [3.05, 3.63) is 28.2 Å². The molecule has 0 atom stereocenters. The van der Waals surface area contributed by atoms with Gasteiger partial charge in [-0.15, -0.1) is 0 Å². The van der Waals surface area contributed by atoms with Gasteiger partial charge in [0, 0.05) is 7.05 Å². The van der Waals surface area contributed by atoms with Crippen molar-refractivity contribution in [2.24, 2.45) is 0 Å². The number of benzene rings is 1. The average molecular weight is 347 g/mol. The van der Waals surface area contributed by atoms with E-state index >= 15 is 0 Å². The van der Waals surface area contributed by atoms with Gasteiger partial charge < -0.3 is 10.6 Å². The number of rotatable bonds is 5. The minimum atomic E-state index is -0.606. The molecule has 0 saturated carbocycles. The number of para-hydroxylation sites is 1. The molecule has 120 valence electrons. The smallest absolute Gasteiger partial charge is 0.321 e. The van der Waals surface area contributed by atoms with Gasteiger partial charge in [0.2, 0.25) is 11.8 Å². The van der Waals surface area contributed by atoms with E-state index in [-0.39, 0.29) is 19.0 Å². The first-order valence-corrected chi connectivity index (χ1v) is 7.03. The van der Waals surface area contributed by atoms with Gasteiger partial charge in [-0.2, -0.15) is 0 Å². The molecule has 0 unspecified atom stereocenters. The molecule has 0 aliphatic heterocycles. The highest BCUT2D eigenvalue weighted by atomic mass is 35.5. The quantitative estimate of drug-likeness (QED) is 0.749. The Morgan fingerprint density at radius 1 is 1.09 bits per heavy atom. The molecule has 0 aromatic heterocycles. The largest absolute Gasteiger partial charge is 0.341 e. The van der Waals surface area contributed by atoms with Crippen LogP contribution in [0.2, 0.25) is 10.0 Å². The summed E-state index contributed by atoms with van der Waals surface area (Å²) in [6, 6.07) is 4.26. The maximum absolute atomic E-state index is 11.9. The van der Waals surface area contributed by atoms with Crippen molar-refractivity contribution >= 4 is 46.7 Å². The Bertz CT molecular complexity index is 560. The molecule has 3 N–H and O–H groups in total. The first kappa shape index (κ1) is 18.2. The summed E-state index contributed by atoms with van der Waals surface area (Å²) < 4.78 is 0. The second-order valence-electron chi connectivity index (χ2n) is 4.44. The third kappa shape index (κ3) is 5.88. The fourth-order valence-electron chi connectivity index (χ4n) is 1.57. The molecule has 0 bridgehead atoms. The Kier molecular flexibility index (Phi) is 7.10. The molecule has 0 radical (unpaired) electrons. The zero-order valence-electron chi connectivity index (χ0n) is 12.1. The lowest BCUT2D eigenvalue weighted by atomic mass is 10.3. The third-order valence-electron chi connectivity index (χ3n) is 2.53. The Hall–Kier alpha value is -1.83. The van der Waals surface area contributed by atoms with Gasteiger partial charge in [-0.25, -0.2) is 4.79 Å². The number of nitrogens with one attached hydrogen (secondary N) is 3. The lowest BCUT2D eigenvalue weighted by Gasteiger charge is -2.16. The zero-order chi connectivity index (χ0) is 16.7. The summed E-state index contributed by atoms with van der Waals surface area (Å²) in [6.07, 6.45) is 0. The molecule has 0 spiro atoms. The maximum Gasteiger partial charge on any atom is 0.321 e. The molecule has 22 heavy (non-hydrogen) atoms. The number of anilines is 1. The van der Waals surface area contributed by atoms with E-state index in [1.165, 1.54) is 11.9 Å². The number of carbonyl (C=O) groups excluding carboxylic acids is 3. The molecule has 4 amide bonds. The van der Waals surface area contributed by atoms with E-state index in [1.807, 2.05) is 0 Å². The fraction of sp³-hybridized carbons (Fsp3) is 0.308. The summed E-state index contributed by atoms with van der Waals surface area (Å²) in [7, 11) is 2.96. The van der Waals surface area contributed by atoms with Crippen LogP contribution in [0.3, 0.4) is 0 Å². The summed E-state index contributed by atoms with van der Waals surface area (Å²) >= 11 is 11.9. The van der Waals surface area contributed by atoms with Gasteiger partial charge in [0.15, 0.2) is 0 Å². The van der Waals surface area contributed by atoms with Gasteiger partial charge in [0.25, 0.3) is 0 Å². The molecule has 0 saturated heterocycles. The molecule has 7 nitrogen and oxygen atoms in total. The van der Waals surface area contributed by atoms with E-state index in [9.17, 15) is 14.4 Å². The van der Waals surface area contributed by atoms with E-state index in [2.05, 4.69) is 16.0 Å². The predicted molar refractivity (Wildman–Crippen MR) is 85.2 cm³/mol. The van der Waals surface area contributed by atoms with E-state index in [4.69, 9.17) is 23.2 Å². The standard InChI is InChI=1S/C13H16Cl2N4O3/c1-16-13(22)18-11(21)7-19(2)6-10(20)17-12-8(14)4-3-5-9(12)15/h3-5H,6-7H2,1-2H3,(H,17,20)(H2,16,18,21,22). The van der Waals surface area contributed by atoms with Crippen molar-refractivity contribution in [1.82, 2.24) is 15.5 Å². The van der Waals surface area contributed by atoms with Crippen LogP contribution in [0, 0.1) is 0 Å². The first-order chi connectivity index (χ1) is 10.3. The van der Waals surface area contributed by atoms with E-state index in [1.54, 1.807) is 25.2 Å². The maximum atomic E-state index is 11.9. The Morgan fingerprint density at radius 3 is 2.18 bits per heavy atom. The Morgan fingerprint density at radius 2 is 1.64 bits per heavy atom. The van der Waals surface area contributed by atoms with Crippen LogP contribution in [0.5, 0.6) is 0 Å². The summed E-state index contributed by atoms with van der Waals surface area (Å²) in [5, 5.41) is 7.57. The minimum Gasteiger partial charge on any atom is -0.341 e. The van der Waals surface area contributed by atoms with Crippen LogP contribution < -0.4 is 16.0 Å². The summed E-state index contributed by atoms with van der Waals surface area (Å²) in [6.45, 7) is -0.181. The van der Waals surface area contributed by atoms with Gasteiger partial charge in [-0.3, -0.25) is 19.8 Å². The molecular weight excluding hydrogens is 331 g/mol. The Labute approximate surface area is 137 Å². The highest BCUT2D eigenvalue weighted by Gasteiger charge is 2.14. The molecule has 1 aromatic carbocycles. The molecule has 0 aliphatic rings. The second-order valence-corrected chi connectivity index (χ2v) is 5.26. The summed E-state index contributed by atoms with van der Waals surface area (Å²) in [5.74, 6) is -0.907. The topological polar surface area (TPSA) is 90.5 Å². The molecule has 9 heteroatoms. The summed E-state index contributed by atoms with van der Waals surface area (Å²) in [5.41, 5.74) is 0.319. The number of halogens is 2. The Balaban J connectivity index is 2.51. The third-order valence-corrected chi connectivity index (χ3v) is 3.16. The van der Waals surface area contributed by atoms with Crippen molar-refractivity contribution in [2.45, 2.75) is 0 Å². The van der Waals surface area contributed by atoms with Gasteiger partial charge in [0.1, 0.15) is 0 Å². The molecular formula is C13H16Cl2N4O3. The average Bonchev–Trinajstić information content (AvgIpc) is 2.42. The number of hydrogen-bond acceptors (Lipinski definition) is 4. The molecule has 1 rings (SSSR count). The number of hydrogen-bond donors (Lipinski definition) is 3. The highest BCUT2D eigenvalue weighted by molar-refractivity contribution is 6.39. The zero-order valence-corrected chi connectivity index (χ0v) is 13.6. The normalized spacial score (nSPS) is 10.2. The lowest BCUT2D eigenvalue weighted by molar-refractivity contribution is -0.122. The predicted octanol–water partition coefficient (Wildman–Crippen LogP) is 1.32. The molecule has 0 heterocycles. The monoisotopic (exact) mass is 346 g/mol. The summed E-state index contributed by atoms with van der Waals surface area (Å²) in [4.78, 5) is 35.8. The second kappa shape index (κ2) is 8.57. The number of amides is 4. The van der Waals surface area contributed by atoms with Crippen molar-refractivity contribution < 1.29 is 14.4 Å². The van der Waals surface area contributed by atoms with Crippen LogP contribution in [0.1, 0.15) is 0 Å². The number of likely N-dealkylation sites (N-methyl/N-ethyl adjacent to an activating group) is 1. The number of urea groups is 1. The van der Waals surface area contributed by atoms with Gasteiger partial charge >= 0.3 is 6.03 Å². The van der Waals surface area contributed by atoms with Crippen molar-refractivity contribution in [1.29, 1.82) is 0 Å². The minimum absolute atomic E-state index is 0.0667. The molecule has 1 aromatic rings. The number of nitrogens with zero attached hydrogens (tertiary/aromatic N) is 1. The highest BCUT2D eigenvalue weighted by Crippen LogP contribution is 2.29. The SMILES string of the molecule is CNC(=O)NC(=O)CN(C)CC(=O)Nc1c(Cl)cccc1Cl. The fourth-order valence-corrected chi connectivity index (χ4v) is 2.06. The lowest BCUT2D eigenvalue weighted by Crippen LogP contribution is -2.44. The van der Waals surface area contributed by atoms with E-state index < -0.39 is 11.9 Å². The van der Waals surface area contributed by atoms with Crippen molar-refractivity contribution in [3.8, 4) is 0 Å². The van der Waals surface area contributed by atoms with Crippen LogP contribution in [0.15, 0.2) is 18.2 Å². The number of carbonyl (C=O) groups is 3. The van der Waals surface area contributed by atoms with Crippen LogP contribution in [0.25, 0.3) is 0 Å². The first-order valence-electron chi connectivity index (χ1n) is 6.27. The van der Waals surface area contributed by atoms with E-state index in [0.29, 0.717) is 15.7 Å². The van der Waals surface area contributed by atoms with Crippen LogP contribution in [0.4, 0.5) is 10.5 Å².